The summed E-state index contributed by atoms with van der Waals surface area (Å²) in [6.07, 6.45) is -0.648. The van der Waals surface area contributed by atoms with Crippen molar-refractivity contribution in [2.24, 2.45) is 0 Å². The van der Waals surface area contributed by atoms with Crippen LogP contribution in [0.4, 0.5) is 0 Å². The first kappa shape index (κ1) is 11.7. The van der Waals surface area contributed by atoms with Crippen molar-refractivity contribution >= 4 is 5.91 Å². The molecule has 0 aliphatic rings. The van der Waals surface area contributed by atoms with Gasteiger partial charge in [-0.05, 0) is 27.7 Å². The van der Waals surface area contributed by atoms with E-state index in [1.807, 2.05) is 0 Å². The van der Waals surface area contributed by atoms with Crippen molar-refractivity contribution < 1.29 is 14.4 Å². The molecule has 0 saturated heterocycles. The summed E-state index contributed by atoms with van der Waals surface area (Å²) in [4.78, 5) is 11.6. The number of aliphatic hydroxyl groups is 1. The van der Waals surface area contributed by atoms with E-state index in [0.717, 1.165) is 0 Å². The van der Waals surface area contributed by atoms with Crippen molar-refractivity contribution in [3.05, 3.63) is 17.5 Å². The molecule has 1 aromatic heterocycles. The molecule has 0 aliphatic heterocycles. The number of aliphatic hydroxyl groups excluding tert-OH is 1. The third kappa shape index (κ3) is 2.79. The number of nitrogens with zero attached hydrogens (tertiary/aromatic N) is 1. The summed E-state index contributed by atoms with van der Waals surface area (Å²) in [6.45, 7) is 6.82. The standard InChI is InChI=1S/C10H16N2O3/c1-6-5-8(15-12-6)9(14)11-10(3,4)7(2)13/h5,7,13H,1-4H3,(H,11,14). The molecule has 15 heavy (non-hydrogen) atoms. The second-order valence-corrected chi connectivity index (χ2v) is 4.18. The number of carbonyl (C=O) groups is 1. The van der Waals surface area contributed by atoms with E-state index in [1.165, 1.54) is 0 Å². The SMILES string of the molecule is Cc1cc(C(=O)NC(C)(C)C(C)O)on1. The number of aromatic nitrogens is 1. The molecule has 84 valence electrons. The quantitative estimate of drug-likeness (QED) is 0.779. The monoisotopic (exact) mass is 212 g/mol. The van der Waals surface area contributed by atoms with Crippen LogP contribution in [0.25, 0.3) is 0 Å². The molecule has 1 amide bonds. The Hall–Kier alpha value is -1.36. The van der Waals surface area contributed by atoms with Crippen LogP contribution in [0, 0.1) is 6.92 Å². The van der Waals surface area contributed by atoms with Gasteiger partial charge in [-0.25, -0.2) is 0 Å². The molecule has 5 heteroatoms. The van der Waals surface area contributed by atoms with Gasteiger partial charge in [-0.2, -0.15) is 0 Å². The fraction of sp³-hybridized carbons (Fsp3) is 0.600. The van der Waals surface area contributed by atoms with Crippen LogP contribution in [-0.2, 0) is 0 Å². The molecule has 1 atom stereocenters. The highest BCUT2D eigenvalue weighted by Gasteiger charge is 2.27. The maximum absolute atomic E-state index is 11.6. The van der Waals surface area contributed by atoms with Gasteiger partial charge in [0, 0.05) is 6.07 Å². The molecule has 0 fully saturated rings. The highest BCUT2D eigenvalue weighted by molar-refractivity contribution is 5.91. The van der Waals surface area contributed by atoms with Gasteiger partial charge in [-0.15, -0.1) is 0 Å². The van der Waals surface area contributed by atoms with Crippen LogP contribution in [0.2, 0.25) is 0 Å². The normalized spacial score (nSPS) is 13.7. The Balaban J connectivity index is 2.72. The first-order valence-electron chi connectivity index (χ1n) is 4.77. The van der Waals surface area contributed by atoms with E-state index >= 15 is 0 Å². The molecule has 0 aromatic carbocycles. The number of carbonyl (C=O) groups excluding carboxylic acids is 1. The van der Waals surface area contributed by atoms with Crippen LogP contribution in [0.5, 0.6) is 0 Å². The van der Waals surface area contributed by atoms with E-state index in [0.29, 0.717) is 5.69 Å². The maximum atomic E-state index is 11.6. The summed E-state index contributed by atoms with van der Waals surface area (Å²) in [7, 11) is 0. The van der Waals surface area contributed by atoms with Gasteiger partial charge in [0.15, 0.2) is 0 Å². The Morgan fingerprint density at radius 2 is 2.27 bits per heavy atom. The average Bonchev–Trinajstić information content (AvgIpc) is 2.50. The minimum Gasteiger partial charge on any atom is -0.391 e. The maximum Gasteiger partial charge on any atom is 0.290 e. The number of hydrogen-bond acceptors (Lipinski definition) is 4. The van der Waals surface area contributed by atoms with E-state index < -0.39 is 11.6 Å². The van der Waals surface area contributed by atoms with E-state index in [9.17, 15) is 9.90 Å². The third-order valence-electron chi connectivity index (χ3n) is 2.33. The molecule has 1 unspecified atom stereocenters. The molecule has 0 radical (unpaired) electrons. The Morgan fingerprint density at radius 3 is 2.67 bits per heavy atom. The Kier molecular flexibility index (Phi) is 3.14. The largest absolute Gasteiger partial charge is 0.391 e. The fourth-order valence-electron chi connectivity index (χ4n) is 0.929. The highest BCUT2D eigenvalue weighted by Crippen LogP contribution is 2.10. The molecule has 2 N–H and O–H groups in total. The lowest BCUT2D eigenvalue weighted by molar-refractivity contribution is 0.0680. The predicted molar refractivity (Wildman–Crippen MR) is 54.5 cm³/mol. The Labute approximate surface area is 88.5 Å². The molecule has 0 bridgehead atoms. The number of rotatable bonds is 3. The number of nitrogens with one attached hydrogen (secondary N) is 1. The topological polar surface area (TPSA) is 75.4 Å². The fourth-order valence-corrected chi connectivity index (χ4v) is 0.929. The lowest BCUT2D eigenvalue weighted by Gasteiger charge is -2.28. The minimum absolute atomic E-state index is 0.154. The second kappa shape index (κ2) is 4.02. The second-order valence-electron chi connectivity index (χ2n) is 4.18. The van der Waals surface area contributed by atoms with Gasteiger partial charge in [-0.1, -0.05) is 5.16 Å². The predicted octanol–water partition coefficient (Wildman–Crippen LogP) is 0.872. The zero-order chi connectivity index (χ0) is 11.6. The van der Waals surface area contributed by atoms with Crippen LogP contribution in [0.1, 0.15) is 37.0 Å². The van der Waals surface area contributed by atoms with Crippen LogP contribution in [0.15, 0.2) is 10.6 Å². The summed E-state index contributed by atoms with van der Waals surface area (Å²) in [6, 6.07) is 1.55. The molecular weight excluding hydrogens is 196 g/mol. The van der Waals surface area contributed by atoms with E-state index in [-0.39, 0.29) is 11.7 Å². The highest BCUT2D eigenvalue weighted by atomic mass is 16.5. The molecular formula is C10H16N2O3. The zero-order valence-electron chi connectivity index (χ0n) is 9.37. The summed E-state index contributed by atoms with van der Waals surface area (Å²) in [5.74, 6) is -0.220. The van der Waals surface area contributed by atoms with E-state index in [1.54, 1.807) is 33.8 Å². The molecule has 5 nitrogen and oxygen atoms in total. The molecule has 0 spiro atoms. The third-order valence-corrected chi connectivity index (χ3v) is 2.33. The van der Waals surface area contributed by atoms with Gasteiger partial charge >= 0.3 is 0 Å². The van der Waals surface area contributed by atoms with Gasteiger partial charge in [-0.3, -0.25) is 4.79 Å². The van der Waals surface area contributed by atoms with Gasteiger partial charge in [0.2, 0.25) is 5.76 Å². The summed E-state index contributed by atoms with van der Waals surface area (Å²) in [5, 5.41) is 15.7. The van der Waals surface area contributed by atoms with Gasteiger partial charge in [0.25, 0.3) is 5.91 Å². The smallest absolute Gasteiger partial charge is 0.290 e. The Morgan fingerprint density at radius 1 is 1.67 bits per heavy atom. The van der Waals surface area contributed by atoms with Crippen LogP contribution in [-0.4, -0.2) is 27.8 Å². The number of aryl methyl sites for hydroxylation is 1. The molecule has 0 saturated carbocycles. The summed E-state index contributed by atoms with van der Waals surface area (Å²) >= 11 is 0. The molecule has 1 aromatic rings. The first-order chi connectivity index (χ1) is 6.83. The molecule has 1 heterocycles. The molecule has 0 aliphatic carbocycles. The van der Waals surface area contributed by atoms with Crippen LogP contribution in [0.3, 0.4) is 0 Å². The van der Waals surface area contributed by atoms with Crippen molar-refractivity contribution in [1.82, 2.24) is 10.5 Å². The van der Waals surface area contributed by atoms with Gasteiger partial charge in [0.05, 0.1) is 17.3 Å². The lowest BCUT2D eigenvalue weighted by atomic mass is 9.99. The Bertz CT molecular complexity index is 355. The minimum atomic E-state index is -0.697. The summed E-state index contributed by atoms with van der Waals surface area (Å²) < 4.78 is 4.81. The van der Waals surface area contributed by atoms with Crippen molar-refractivity contribution in [2.75, 3.05) is 0 Å². The average molecular weight is 212 g/mol. The van der Waals surface area contributed by atoms with E-state index in [4.69, 9.17) is 4.52 Å². The van der Waals surface area contributed by atoms with Crippen molar-refractivity contribution in [3.8, 4) is 0 Å². The van der Waals surface area contributed by atoms with Crippen molar-refractivity contribution in [2.45, 2.75) is 39.3 Å². The van der Waals surface area contributed by atoms with Gasteiger partial charge < -0.3 is 14.9 Å². The zero-order valence-corrected chi connectivity index (χ0v) is 9.37. The van der Waals surface area contributed by atoms with Gasteiger partial charge in [0.1, 0.15) is 0 Å². The number of hydrogen-bond donors (Lipinski definition) is 2. The summed E-state index contributed by atoms with van der Waals surface area (Å²) in [5.41, 5.74) is -0.0485. The van der Waals surface area contributed by atoms with E-state index in [2.05, 4.69) is 10.5 Å². The van der Waals surface area contributed by atoms with Crippen molar-refractivity contribution in [3.63, 3.8) is 0 Å². The number of amides is 1. The van der Waals surface area contributed by atoms with Crippen molar-refractivity contribution in [1.29, 1.82) is 0 Å². The van der Waals surface area contributed by atoms with Crippen LogP contribution >= 0.6 is 0 Å². The molecule has 1 rings (SSSR count). The first-order valence-corrected chi connectivity index (χ1v) is 4.77. The lowest BCUT2D eigenvalue weighted by Crippen LogP contribution is -2.50. The van der Waals surface area contributed by atoms with Crippen LogP contribution < -0.4 is 5.32 Å².